The van der Waals surface area contributed by atoms with Gasteiger partial charge in [0.1, 0.15) is 0 Å². The Labute approximate surface area is 197 Å². The largest absolute Gasteiger partial charge is 2.00 e. The first-order chi connectivity index (χ1) is 14.0. The molecule has 3 rings (SSSR count). The third kappa shape index (κ3) is 8.19. The van der Waals surface area contributed by atoms with Crippen molar-refractivity contribution in [2.75, 3.05) is 0 Å². The summed E-state index contributed by atoms with van der Waals surface area (Å²) in [5.41, 5.74) is 3.48. The van der Waals surface area contributed by atoms with Crippen LogP contribution in [0.4, 0.5) is 0 Å². The second-order valence-electron chi connectivity index (χ2n) is 6.95. The smallest absolute Gasteiger partial charge is 2.00 e. The van der Waals surface area contributed by atoms with Crippen molar-refractivity contribution in [1.82, 2.24) is 0 Å². The molecule has 0 spiro atoms. The molecule has 1 aliphatic rings. The van der Waals surface area contributed by atoms with Crippen LogP contribution in [0.5, 0.6) is 0 Å². The quantitative estimate of drug-likeness (QED) is 0.142. The van der Waals surface area contributed by atoms with E-state index in [0.717, 1.165) is 12.0 Å². The first kappa shape index (κ1) is 28.3. The molecule has 0 heterocycles. The molecule has 2 heteroatoms. The Morgan fingerprint density at radius 3 is 1.50 bits per heavy atom. The van der Waals surface area contributed by atoms with Gasteiger partial charge in [-0.3, -0.25) is 0 Å². The fourth-order valence-corrected chi connectivity index (χ4v) is 3.13. The molecule has 1 nitrogen and oxygen atoms in total. The molecule has 155 valence electrons. The monoisotopic (exact) mass is 484 g/mol. The van der Waals surface area contributed by atoms with Crippen LogP contribution in [0.2, 0.25) is 0 Å². The average Bonchev–Trinajstić information content (AvgIpc) is 2.94. The van der Waals surface area contributed by atoms with Crippen LogP contribution in [-0.4, -0.2) is 0 Å². The molecule has 0 amide bonds. The second kappa shape index (κ2) is 15.1. The Morgan fingerprint density at radius 2 is 1.13 bits per heavy atom. The minimum atomic E-state index is 0. The van der Waals surface area contributed by atoms with Crippen molar-refractivity contribution in [3.63, 3.8) is 0 Å². The molecule has 0 N–H and O–H groups in total. The van der Waals surface area contributed by atoms with Crippen LogP contribution in [-0.2, 0) is 24.1 Å². The van der Waals surface area contributed by atoms with E-state index in [1.807, 2.05) is 42.5 Å². The molecular formula is C28H30ORu+. The Kier molecular flexibility index (Phi) is 14.3. The summed E-state index contributed by atoms with van der Waals surface area (Å²) in [7, 11) is 0. The van der Waals surface area contributed by atoms with Gasteiger partial charge in [0.05, 0.1) is 0 Å². The molecule has 5 radical (unpaired) electrons. The molecular weight excluding hydrogens is 453 g/mol. The summed E-state index contributed by atoms with van der Waals surface area (Å²) in [5.74, 6) is 7.34. The van der Waals surface area contributed by atoms with E-state index in [1.165, 1.54) is 40.7 Å². The normalized spacial score (nSPS) is 15.9. The van der Waals surface area contributed by atoms with E-state index < -0.39 is 0 Å². The van der Waals surface area contributed by atoms with Crippen LogP contribution in [0, 0.1) is 42.3 Å². The van der Waals surface area contributed by atoms with Gasteiger partial charge in [-0.05, 0) is 36.0 Å². The zero-order valence-corrected chi connectivity index (χ0v) is 20.3. The van der Waals surface area contributed by atoms with Gasteiger partial charge in [0.15, 0.2) is 0 Å². The molecule has 0 unspecified atom stereocenters. The average molecular weight is 484 g/mol. The van der Waals surface area contributed by atoms with Crippen molar-refractivity contribution in [3.8, 4) is 0 Å². The minimum Gasteiger partial charge on any atom is 2.00 e. The molecule has 2 aromatic rings. The van der Waals surface area contributed by atoms with Crippen molar-refractivity contribution >= 4 is 5.57 Å². The van der Waals surface area contributed by atoms with E-state index >= 15 is 0 Å². The topological polar surface area (TPSA) is 19.9 Å². The molecule has 0 aromatic heterocycles. The molecule has 0 atom stereocenters. The molecule has 0 saturated heterocycles. The van der Waals surface area contributed by atoms with Gasteiger partial charge in [0.2, 0.25) is 0 Å². The number of hydrogen-bond donors (Lipinski definition) is 0. The summed E-state index contributed by atoms with van der Waals surface area (Å²) in [4.78, 5) is 0. The standard InChI is InChI=1S/C17H15.C10H15.CO.Ru/c1-2-9-17(16-12-7-4-8-13-16)14-15-10-5-3-6-11-15;1-6-7(2)9(4)10(5)8(6)3;1-2;/h2-8,10-13H,1,9H2;1-5H3;;/q-1;;;+2. The predicted octanol–water partition coefficient (Wildman–Crippen LogP) is 7.43. The summed E-state index contributed by atoms with van der Waals surface area (Å²) in [5, 5.41) is 0. The number of benzene rings is 2. The van der Waals surface area contributed by atoms with Crippen LogP contribution in [0.15, 0.2) is 73.3 Å². The van der Waals surface area contributed by atoms with E-state index in [1.54, 1.807) is 0 Å². The SMILES string of the molecule is C=CCC(=[C-]c1ccccc1)c1ccccc1.C[C]1[C](C)[C](C)[C](C)[C]1C.[C-]#[O+].[Ru+2]. The van der Waals surface area contributed by atoms with Crippen LogP contribution in [0.1, 0.15) is 52.2 Å². The number of hydrogen-bond acceptors (Lipinski definition) is 0. The van der Waals surface area contributed by atoms with Crippen molar-refractivity contribution < 1.29 is 24.1 Å². The fourth-order valence-electron chi connectivity index (χ4n) is 3.13. The van der Waals surface area contributed by atoms with Gasteiger partial charge in [-0.25, -0.2) is 0 Å². The minimum absolute atomic E-state index is 0. The van der Waals surface area contributed by atoms with Crippen LogP contribution in [0.25, 0.3) is 5.57 Å². The first-order valence-electron chi connectivity index (χ1n) is 9.70. The van der Waals surface area contributed by atoms with Crippen LogP contribution in [0.3, 0.4) is 0 Å². The maximum absolute atomic E-state index is 7.50. The third-order valence-corrected chi connectivity index (χ3v) is 5.35. The molecule has 1 saturated carbocycles. The van der Waals surface area contributed by atoms with Gasteiger partial charge in [0, 0.05) is 0 Å². The fraction of sp³-hybridized carbons (Fsp3) is 0.214. The summed E-state index contributed by atoms with van der Waals surface area (Å²) in [6.07, 6.45) is 6.19. The molecule has 1 fully saturated rings. The molecule has 0 aliphatic heterocycles. The summed E-state index contributed by atoms with van der Waals surface area (Å²) >= 11 is 0. The van der Waals surface area contributed by atoms with Gasteiger partial charge >= 0.3 is 30.8 Å². The summed E-state index contributed by atoms with van der Waals surface area (Å²) in [6.45, 7) is 19.3. The molecule has 30 heavy (non-hydrogen) atoms. The van der Waals surface area contributed by atoms with Crippen molar-refractivity contribution in [3.05, 3.63) is 127 Å². The maximum atomic E-state index is 7.50. The van der Waals surface area contributed by atoms with E-state index in [0.29, 0.717) is 0 Å². The van der Waals surface area contributed by atoms with Gasteiger partial charge < -0.3 is 0 Å². The van der Waals surface area contributed by atoms with Crippen molar-refractivity contribution in [1.29, 1.82) is 0 Å². The molecule has 2 aromatic carbocycles. The van der Waals surface area contributed by atoms with E-state index in [-0.39, 0.29) is 19.5 Å². The van der Waals surface area contributed by atoms with Crippen LogP contribution < -0.4 is 0 Å². The molecule has 1 aliphatic carbocycles. The number of allylic oxidation sites excluding steroid dienone is 2. The van der Waals surface area contributed by atoms with E-state index in [2.05, 4.69) is 78.2 Å². The third-order valence-electron chi connectivity index (χ3n) is 5.35. The van der Waals surface area contributed by atoms with Gasteiger partial charge in [-0.15, -0.1) is 48.1 Å². The van der Waals surface area contributed by atoms with Crippen LogP contribution >= 0.6 is 0 Å². The summed E-state index contributed by atoms with van der Waals surface area (Å²) < 4.78 is 7.50. The van der Waals surface area contributed by atoms with Gasteiger partial charge in [0.25, 0.3) is 0 Å². The number of rotatable bonds is 4. The Hall–Kier alpha value is -1.72. The summed E-state index contributed by atoms with van der Waals surface area (Å²) in [6, 6.07) is 20.5. The zero-order chi connectivity index (χ0) is 21.8. The van der Waals surface area contributed by atoms with Gasteiger partial charge in [-0.1, -0.05) is 82.7 Å². The second-order valence-corrected chi connectivity index (χ2v) is 6.95. The predicted molar refractivity (Wildman–Crippen MR) is 122 cm³/mol. The Bertz CT molecular complexity index is 718. The molecule has 0 bridgehead atoms. The maximum Gasteiger partial charge on any atom is 2.00 e. The Balaban J connectivity index is 0.000000557. The van der Waals surface area contributed by atoms with E-state index in [4.69, 9.17) is 4.65 Å². The van der Waals surface area contributed by atoms with E-state index in [9.17, 15) is 0 Å². The Morgan fingerprint density at radius 1 is 0.767 bits per heavy atom. The van der Waals surface area contributed by atoms with Crippen molar-refractivity contribution in [2.45, 2.75) is 41.0 Å². The zero-order valence-electron chi connectivity index (χ0n) is 18.5. The van der Waals surface area contributed by atoms with Gasteiger partial charge in [-0.2, -0.15) is 0 Å². The van der Waals surface area contributed by atoms with Crippen molar-refractivity contribution in [2.24, 2.45) is 0 Å². The first-order valence-corrected chi connectivity index (χ1v) is 9.70.